The van der Waals surface area contributed by atoms with Crippen LogP contribution in [-0.4, -0.2) is 181 Å². The van der Waals surface area contributed by atoms with Crippen molar-refractivity contribution in [2.45, 2.75) is 190 Å². The monoisotopic (exact) mass is 843 g/mol. The summed E-state index contributed by atoms with van der Waals surface area (Å²) < 4.78 is 50.0. The SMILES string of the molecule is CO[C@@H]1[C@@H](OC2O[C@H](C)C(OC3C[C@@](C)(O)[C@@H](O)[C@H](C)O3)[C@H](N(C)C)[C@H]2O)[C@@H](CC=O)C[C@@H](C)[C@H](OC2CC[C@H](N(C)C)[C@@H](C)O2)/C=C/C=C/C[C@H](C)OC(=O)C[C@H]1O. The molecule has 19 atom stereocenters. The molecular weight excluding hydrogens is 768 g/mol. The quantitative estimate of drug-likeness (QED) is 0.175. The number of carbonyl (C=O) groups is 2. The first-order valence-corrected chi connectivity index (χ1v) is 21.3. The van der Waals surface area contributed by atoms with Crippen LogP contribution in [0, 0.1) is 11.8 Å². The molecule has 16 heteroatoms. The van der Waals surface area contributed by atoms with E-state index in [0.717, 1.165) is 12.7 Å². The number of aliphatic hydroxyl groups is 4. The van der Waals surface area contributed by atoms with E-state index in [1.54, 1.807) is 39.8 Å². The van der Waals surface area contributed by atoms with Crippen LogP contribution < -0.4 is 0 Å². The highest BCUT2D eigenvalue weighted by Gasteiger charge is 2.52. The fourth-order valence-corrected chi connectivity index (χ4v) is 9.10. The number of cyclic esters (lactones) is 1. The molecule has 3 saturated heterocycles. The Bertz CT molecular complexity index is 1370. The Morgan fingerprint density at radius 3 is 2.17 bits per heavy atom. The van der Waals surface area contributed by atoms with Gasteiger partial charge < -0.3 is 72.9 Å². The summed E-state index contributed by atoms with van der Waals surface area (Å²) in [5.74, 6) is -1.47. The van der Waals surface area contributed by atoms with Crippen molar-refractivity contribution >= 4 is 12.3 Å². The summed E-state index contributed by atoms with van der Waals surface area (Å²) in [6.07, 6.45) is -1.56. The van der Waals surface area contributed by atoms with Crippen LogP contribution in [0.25, 0.3) is 0 Å². The number of carbonyl (C=O) groups excluding carboxylic acids is 2. The molecule has 0 spiro atoms. The van der Waals surface area contributed by atoms with E-state index < -0.39 is 110 Å². The van der Waals surface area contributed by atoms with Crippen molar-refractivity contribution in [1.29, 1.82) is 0 Å². The first-order valence-electron chi connectivity index (χ1n) is 21.3. The predicted molar refractivity (Wildman–Crippen MR) is 217 cm³/mol. The molecule has 0 saturated carbocycles. The number of likely N-dealkylation sites (N-methyl/N-ethyl adjacent to an activating group) is 2. The fraction of sp³-hybridized carbons (Fsp3) is 0.860. The summed E-state index contributed by atoms with van der Waals surface area (Å²) in [6.45, 7) is 10.8. The summed E-state index contributed by atoms with van der Waals surface area (Å²) >= 11 is 0. The van der Waals surface area contributed by atoms with E-state index in [1.807, 2.05) is 52.2 Å². The normalized spacial score (nSPS) is 45.8. The lowest BCUT2D eigenvalue weighted by Gasteiger charge is -2.50. The first-order chi connectivity index (χ1) is 27.8. The molecule has 0 aromatic carbocycles. The molecule has 0 aliphatic carbocycles. The zero-order valence-corrected chi connectivity index (χ0v) is 37.0. The fourth-order valence-electron chi connectivity index (χ4n) is 9.10. The molecule has 4 N–H and O–H groups in total. The molecule has 0 aromatic rings. The third-order valence-corrected chi connectivity index (χ3v) is 12.4. The van der Waals surface area contributed by atoms with Gasteiger partial charge in [-0.15, -0.1) is 0 Å². The summed E-state index contributed by atoms with van der Waals surface area (Å²) in [6, 6.07) is -0.466. The number of aliphatic hydroxyl groups excluding tert-OH is 3. The zero-order valence-electron chi connectivity index (χ0n) is 37.0. The highest BCUT2D eigenvalue weighted by molar-refractivity contribution is 5.70. The van der Waals surface area contributed by atoms with Crippen LogP contribution in [0.4, 0.5) is 0 Å². The second-order valence-corrected chi connectivity index (χ2v) is 17.8. The van der Waals surface area contributed by atoms with Crippen LogP contribution in [0.5, 0.6) is 0 Å². The number of allylic oxidation sites excluding steroid dienone is 2. The molecule has 4 heterocycles. The van der Waals surface area contributed by atoms with Gasteiger partial charge in [0.05, 0.1) is 54.7 Å². The second kappa shape index (κ2) is 22.5. The van der Waals surface area contributed by atoms with Crippen molar-refractivity contribution in [3.8, 4) is 0 Å². The largest absolute Gasteiger partial charge is 0.462 e. The maximum atomic E-state index is 13.1. The van der Waals surface area contributed by atoms with Gasteiger partial charge in [-0.1, -0.05) is 31.2 Å². The van der Waals surface area contributed by atoms with Gasteiger partial charge in [0.25, 0.3) is 0 Å². The molecule has 4 aliphatic heterocycles. The van der Waals surface area contributed by atoms with Gasteiger partial charge in [-0.05, 0) is 93.9 Å². The van der Waals surface area contributed by atoms with Gasteiger partial charge in [0, 0.05) is 32.4 Å². The maximum Gasteiger partial charge on any atom is 0.308 e. The van der Waals surface area contributed by atoms with Crippen LogP contribution in [0.15, 0.2) is 24.3 Å². The van der Waals surface area contributed by atoms with Gasteiger partial charge in [-0.2, -0.15) is 0 Å². The number of methoxy groups -OCH3 is 1. The van der Waals surface area contributed by atoms with E-state index in [4.69, 9.17) is 37.9 Å². The number of rotatable bonds is 11. The van der Waals surface area contributed by atoms with Gasteiger partial charge >= 0.3 is 5.97 Å². The number of nitrogens with zero attached hydrogens (tertiary/aromatic N) is 2. The second-order valence-electron chi connectivity index (χ2n) is 17.8. The molecule has 4 aliphatic rings. The first kappa shape index (κ1) is 49.8. The minimum Gasteiger partial charge on any atom is -0.462 e. The Morgan fingerprint density at radius 1 is 0.864 bits per heavy atom. The Hall–Kier alpha value is -1.90. The lowest BCUT2D eigenvalue weighted by Crippen LogP contribution is -2.65. The van der Waals surface area contributed by atoms with E-state index >= 15 is 0 Å². The average Bonchev–Trinajstić information content (AvgIpc) is 3.13. The van der Waals surface area contributed by atoms with Crippen molar-refractivity contribution in [2.75, 3.05) is 35.3 Å². The molecule has 0 bridgehead atoms. The smallest absolute Gasteiger partial charge is 0.308 e. The molecule has 3 fully saturated rings. The van der Waals surface area contributed by atoms with Gasteiger partial charge in [0.2, 0.25) is 0 Å². The summed E-state index contributed by atoms with van der Waals surface area (Å²) in [7, 11) is 9.03. The number of hydrogen-bond acceptors (Lipinski definition) is 16. The Morgan fingerprint density at radius 2 is 1.56 bits per heavy atom. The van der Waals surface area contributed by atoms with Crippen LogP contribution >= 0.6 is 0 Å². The Kier molecular flexibility index (Phi) is 18.9. The average molecular weight is 843 g/mol. The van der Waals surface area contributed by atoms with Crippen molar-refractivity contribution in [3.05, 3.63) is 24.3 Å². The summed E-state index contributed by atoms with van der Waals surface area (Å²) in [4.78, 5) is 29.5. The lowest BCUT2D eigenvalue weighted by atomic mass is 9.82. The summed E-state index contributed by atoms with van der Waals surface area (Å²) in [5, 5.41) is 45.1. The molecule has 4 unspecified atom stereocenters. The lowest BCUT2D eigenvalue weighted by molar-refractivity contribution is -0.344. The highest BCUT2D eigenvalue weighted by Crippen LogP contribution is 2.37. The standard InChI is InChI=1S/C43H74N2O14/c1-24-21-29(19-20-46)39(59-42-37(49)36(45(9)10)38(27(4)56-42)58-35-23-43(6,51)41(50)28(5)55-35)40(52-11)31(47)22-33(48)53-25(2)15-13-12-14-16-32(24)57-34-18-17-30(44(7)8)26(3)54-34/h12-14,16,20,24-32,34-42,47,49-51H,15,17-19,21-23H2,1-11H3/b13-12+,16-14+/t24-,25+,26-,27-,28+,29+,30+,31-,32-,34?,35?,36-,37-,38?,39+,40+,41+,42?,43-/m1/s1. The van der Waals surface area contributed by atoms with Crippen LogP contribution in [-0.2, 0) is 47.5 Å². The van der Waals surface area contributed by atoms with Crippen LogP contribution in [0.2, 0.25) is 0 Å². The van der Waals surface area contributed by atoms with Crippen molar-refractivity contribution in [3.63, 3.8) is 0 Å². The van der Waals surface area contributed by atoms with Crippen molar-refractivity contribution in [2.24, 2.45) is 11.8 Å². The molecule has 16 nitrogen and oxygen atoms in total. The topological polar surface area (TPSA) is 195 Å². The zero-order chi connectivity index (χ0) is 43.8. The minimum absolute atomic E-state index is 0.00885. The highest BCUT2D eigenvalue weighted by atomic mass is 16.7. The molecular formula is C43H74N2O14. The van der Waals surface area contributed by atoms with E-state index in [9.17, 15) is 30.0 Å². The molecule has 0 amide bonds. The van der Waals surface area contributed by atoms with E-state index in [2.05, 4.69) is 4.90 Å². The number of ether oxygens (including phenoxy) is 8. The minimum atomic E-state index is -1.47. The third kappa shape index (κ3) is 13.3. The molecule has 4 rings (SSSR count). The van der Waals surface area contributed by atoms with E-state index in [0.29, 0.717) is 19.3 Å². The molecule has 0 aromatic heterocycles. The van der Waals surface area contributed by atoms with Crippen LogP contribution in [0.3, 0.4) is 0 Å². The molecule has 340 valence electrons. The van der Waals surface area contributed by atoms with Crippen molar-refractivity contribution < 1.29 is 67.9 Å². The number of hydrogen-bond donors (Lipinski definition) is 4. The third-order valence-electron chi connectivity index (χ3n) is 12.4. The predicted octanol–water partition coefficient (Wildman–Crippen LogP) is 2.33. The Balaban J connectivity index is 1.66. The number of esters is 1. The number of aldehydes is 1. The van der Waals surface area contributed by atoms with Gasteiger partial charge in [-0.3, -0.25) is 4.79 Å². The van der Waals surface area contributed by atoms with Gasteiger partial charge in [0.1, 0.15) is 36.8 Å². The van der Waals surface area contributed by atoms with Gasteiger partial charge in [-0.25, -0.2) is 0 Å². The van der Waals surface area contributed by atoms with Gasteiger partial charge in [0.15, 0.2) is 18.9 Å². The molecule has 59 heavy (non-hydrogen) atoms. The maximum absolute atomic E-state index is 13.1. The van der Waals surface area contributed by atoms with Crippen LogP contribution in [0.1, 0.15) is 86.5 Å². The van der Waals surface area contributed by atoms with E-state index in [-0.39, 0.29) is 30.9 Å². The van der Waals surface area contributed by atoms with Crippen molar-refractivity contribution in [1.82, 2.24) is 9.80 Å². The Labute approximate surface area is 351 Å². The van der Waals surface area contributed by atoms with E-state index in [1.165, 1.54) is 14.0 Å². The molecule has 0 radical (unpaired) electrons. The summed E-state index contributed by atoms with van der Waals surface area (Å²) in [5.41, 5.74) is -1.47.